The molecule has 1 amide bonds. The van der Waals surface area contributed by atoms with Crippen molar-refractivity contribution in [3.63, 3.8) is 0 Å². The molecule has 0 aliphatic carbocycles. The maximum atomic E-state index is 12.5. The molecule has 4 aromatic rings. The summed E-state index contributed by atoms with van der Waals surface area (Å²) in [7, 11) is 1.61. The topological polar surface area (TPSA) is 84.8 Å². The van der Waals surface area contributed by atoms with Crippen molar-refractivity contribution in [2.45, 2.75) is 20.0 Å². The van der Waals surface area contributed by atoms with Gasteiger partial charge in [0.05, 0.1) is 30.4 Å². The lowest BCUT2D eigenvalue weighted by Crippen LogP contribution is -2.23. The molecule has 0 saturated heterocycles. The second-order valence-corrected chi connectivity index (χ2v) is 6.51. The highest BCUT2D eigenvalue weighted by Gasteiger charge is 2.13. The monoisotopic (exact) mass is 375 g/mol. The Kier molecular flexibility index (Phi) is 4.80. The number of nitrogens with zero attached hydrogens (tertiary/aromatic N) is 3. The highest BCUT2D eigenvalue weighted by atomic mass is 16.5. The van der Waals surface area contributed by atoms with E-state index in [1.165, 1.54) is 0 Å². The average Bonchev–Trinajstić information content (AvgIpc) is 3.31. The molecule has 4 rings (SSSR count). The van der Waals surface area contributed by atoms with Gasteiger partial charge in [-0.05, 0) is 31.2 Å². The Morgan fingerprint density at radius 3 is 2.82 bits per heavy atom. The number of hydrogen-bond donors (Lipinski definition) is 2. The molecule has 2 heterocycles. The molecule has 142 valence electrons. The average molecular weight is 375 g/mol. The fourth-order valence-electron chi connectivity index (χ4n) is 3.24. The third-order valence-corrected chi connectivity index (χ3v) is 4.67. The number of ether oxygens (including phenoxy) is 1. The van der Waals surface area contributed by atoms with E-state index in [4.69, 9.17) is 4.74 Å². The lowest BCUT2D eigenvalue weighted by atomic mass is 10.2. The zero-order valence-corrected chi connectivity index (χ0v) is 15.8. The van der Waals surface area contributed by atoms with E-state index < -0.39 is 0 Å². The van der Waals surface area contributed by atoms with Crippen LogP contribution in [-0.4, -0.2) is 32.8 Å². The van der Waals surface area contributed by atoms with Crippen LogP contribution in [0.15, 0.2) is 54.6 Å². The normalized spacial score (nSPS) is 10.9. The van der Waals surface area contributed by atoms with Gasteiger partial charge in [-0.1, -0.05) is 30.3 Å². The number of carbonyl (C=O) groups excluding carboxylic acids is 1. The van der Waals surface area contributed by atoms with Crippen LogP contribution < -0.4 is 10.1 Å². The van der Waals surface area contributed by atoms with E-state index in [9.17, 15) is 4.79 Å². The second kappa shape index (κ2) is 7.56. The van der Waals surface area contributed by atoms with Crippen molar-refractivity contribution in [1.29, 1.82) is 0 Å². The largest absolute Gasteiger partial charge is 0.496 e. The predicted octanol–water partition coefficient (Wildman–Crippen LogP) is 3.05. The summed E-state index contributed by atoms with van der Waals surface area (Å²) in [6.45, 7) is 2.91. The Morgan fingerprint density at radius 2 is 1.96 bits per heavy atom. The fraction of sp³-hybridized carbons (Fsp3) is 0.190. The number of aryl methyl sites for hydroxylation is 1. The minimum atomic E-state index is -0.236. The van der Waals surface area contributed by atoms with Crippen LogP contribution in [0.5, 0.6) is 5.75 Å². The molecule has 7 heteroatoms. The number of amides is 1. The summed E-state index contributed by atoms with van der Waals surface area (Å²) >= 11 is 0. The summed E-state index contributed by atoms with van der Waals surface area (Å²) in [5.41, 5.74) is 4.11. The van der Waals surface area contributed by atoms with Gasteiger partial charge in [-0.2, -0.15) is 5.10 Å². The van der Waals surface area contributed by atoms with Crippen molar-refractivity contribution >= 4 is 16.9 Å². The standard InChI is InChI=1S/C21H21N5O2/c1-14-23-17-8-4-5-9-19(17)26(14)13-16-11-18(25-24-16)21(27)22-12-15-7-3-6-10-20(15)28-2/h3-11H,12-13H2,1-2H3,(H,22,27)(H,24,25). The first-order valence-electron chi connectivity index (χ1n) is 9.02. The van der Waals surface area contributed by atoms with Gasteiger partial charge in [0, 0.05) is 12.1 Å². The van der Waals surface area contributed by atoms with Crippen LogP contribution in [0.1, 0.15) is 27.6 Å². The molecule has 2 aromatic heterocycles. The molecule has 28 heavy (non-hydrogen) atoms. The Balaban J connectivity index is 1.46. The number of methoxy groups -OCH3 is 1. The second-order valence-electron chi connectivity index (χ2n) is 6.51. The molecule has 0 aliphatic heterocycles. The molecule has 2 N–H and O–H groups in total. The van der Waals surface area contributed by atoms with E-state index in [0.717, 1.165) is 33.9 Å². The molecular weight excluding hydrogens is 354 g/mol. The Hall–Kier alpha value is -3.61. The van der Waals surface area contributed by atoms with Gasteiger partial charge in [0.1, 0.15) is 17.3 Å². The van der Waals surface area contributed by atoms with Crippen molar-refractivity contribution in [3.05, 3.63) is 77.4 Å². The first-order valence-corrected chi connectivity index (χ1v) is 9.02. The number of nitrogens with one attached hydrogen (secondary N) is 2. The van der Waals surface area contributed by atoms with Gasteiger partial charge in [0.25, 0.3) is 5.91 Å². The number of H-pyrrole nitrogens is 1. The summed E-state index contributed by atoms with van der Waals surface area (Å²) < 4.78 is 7.41. The predicted molar refractivity (Wildman–Crippen MR) is 106 cm³/mol. The first kappa shape index (κ1) is 17.8. The Bertz CT molecular complexity index is 1130. The van der Waals surface area contributed by atoms with Crippen molar-refractivity contribution in [2.75, 3.05) is 7.11 Å². The van der Waals surface area contributed by atoms with Crippen molar-refractivity contribution in [3.8, 4) is 5.75 Å². The van der Waals surface area contributed by atoms with Crippen molar-refractivity contribution in [2.24, 2.45) is 0 Å². The van der Waals surface area contributed by atoms with Crippen LogP contribution in [-0.2, 0) is 13.1 Å². The summed E-state index contributed by atoms with van der Waals surface area (Å²) in [4.78, 5) is 17.0. The zero-order chi connectivity index (χ0) is 19.5. The van der Waals surface area contributed by atoms with Gasteiger partial charge in [-0.3, -0.25) is 9.89 Å². The minimum Gasteiger partial charge on any atom is -0.496 e. The van der Waals surface area contributed by atoms with Gasteiger partial charge in [-0.25, -0.2) is 4.98 Å². The molecule has 2 aromatic carbocycles. The first-order chi connectivity index (χ1) is 13.7. The number of benzene rings is 2. The Labute approximate surface area is 162 Å². The Morgan fingerprint density at radius 1 is 1.18 bits per heavy atom. The minimum absolute atomic E-state index is 0.236. The third-order valence-electron chi connectivity index (χ3n) is 4.67. The molecular formula is C21H21N5O2. The van der Waals surface area contributed by atoms with Gasteiger partial charge in [0.2, 0.25) is 0 Å². The van der Waals surface area contributed by atoms with Crippen molar-refractivity contribution in [1.82, 2.24) is 25.1 Å². The van der Waals surface area contributed by atoms with E-state index in [1.807, 2.05) is 55.5 Å². The van der Waals surface area contributed by atoms with Crippen LogP contribution in [0.4, 0.5) is 0 Å². The van der Waals surface area contributed by atoms with Crippen LogP contribution in [0, 0.1) is 6.92 Å². The zero-order valence-electron chi connectivity index (χ0n) is 15.8. The van der Waals surface area contributed by atoms with E-state index in [1.54, 1.807) is 13.2 Å². The molecule has 0 spiro atoms. The smallest absolute Gasteiger partial charge is 0.272 e. The number of hydrogen-bond acceptors (Lipinski definition) is 4. The quantitative estimate of drug-likeness (QED) is 0.542. The highest BCUT2D eigenvalue weighted by Crippen LogP contribution is 2.18. The van der Waals surface area contributed by atoms with Crippen molar-refractivity contribution < 1.29 is 9.53 Å². The van der Waals surface area contributed by atoms with Crippen LogP contribution in [0.3, 0.4) is 0 Å². The number of fused-ring (bicyclic) bond motifs is 1. The van der Waals surface area contributed by atoms with E-state index in [2.05, 4.69) is 25.1 Å². The summed E-state index contributed by atoms with van der Waals surface area (Å²) in [6.07, 6.45) is 0. The molecule has 7 nitrogen and oxygen atoms in total. The molecule has 0 atom stereocenters. The summed E-state index contributed by atoms with van der Waals surface area (Å²) in [6, 6.07) is 17.3. The number of para-hydroxylation sites is 3. The van der Waals surface area contributed by atoms with E-state index in [0.29, 0.717) is 18.8 Å². The number of aromatic nitrogens is 4. The van der Waals surface area contributed by atoms with E-state index in [-0.39, 0.29) is 5.91 Å². The molecule has 0 fully saturated rings. The SMILES string of the molecule is COc1ccccc1CNC(=O)c1cc(Cn2c(C)nc3ccccc32)[nH]n1. The van der Waals surface area contributed by atoms with Crippen LogP contribution in [0.2, 0.25) is 0 Å². The molecule has 0 radical (unpaired) electrons. The lowest BCUT2D eigenvalue weighted by Gasteiger charge is -2.08. The number of imidazole rings is 1. The number of carbonyl (C=O) groups is 1. The fourth-order valence-corrected chi connectivity index (χ4v) is 3.24. The molecule has 0 unspecified atom stereocenters. The molecule has 0 saturated carbocycles. The van der Waals surface area contributed by atoms with Gasteiger partial charge >= 0.3 is 0 Å². The maximum Gasteiger partial charge on any atom is 0.272 e. The highest BCUT2D eigenvalue weighted by molar-refractivity contribution is 5.92. The summed E-state index contributed by atoms with van der Waals surface area (Å²) in [5.74, 6) is 1.42. The molecule has 0 aliphatic rings. The lowest BCUT2D eigenvalue weighted by molar-refractivity contribution is 0.0945. The molecule has 0 bridgehead atoms. The van der Waals surface area contributed by atoms with Gasteiger partial charge in [0.15, 0.2) is 0 Å². The van der Waals surface area contributed by atoms with Gasteiger partial charge in [-0.15, -0.1) is 0 Å². The van der Waals surface area contributed by atoms with E-state index >= 15 is 0 Å². The number of rotatable bonds is 6. The maximum absolute atomic E-state index is 12.5. The van der Waals surface area contributed by atoms with Crippen LogP contribution in [0.25, 0.3) is 11.0 Å². The van der Waals surface area contributed by atoms with Gasteiger partial charge < -0.3 is 14.6 Å². The number of aromatic amines is 1. The summed E-state index contributed by atoms with van der Waals surface area (Å²) in [5, 5.41) is 10.00. The third kappa shape index (κ3) is 3.46. The van der Waals surface area contributed by atoms with Crippen LogP contribution >= 0.6 is 0 Å².